The molecule has 0 unspecified atom stereocenters. The minimum Gasteiger partial charge on any atom is -0.495 e. The van der Waals surface area contributed by atoms with Crippen LogP contribution in [0.5, 0.6) is 17.4 Å². The second-order valence-electron chi connectivity index (χ2n) is 9.60. The Morgan fingerprint density at radius 1 is 1.00 bits per heavy atom. The average Bonchev–Trinajstić information content (AvgIpc) is 3.58. The summed E-state index contributed by atoms with van der Waals surface area (Å²) in [5.41, 5.74) is 3.68. The van der Waals surface area contributed by atoms with Crippen LogP contribution in [0.2, 0.25) is 0 Å². The minimum absolute atomic E-state index is 0.0871. The lowest BCUT2D eigenvalue weighted by molar-refractivity contribution is 0.0400. The van der Waals surface area contributed by atoms with E-state index in [0.29, 0.717) is 51.8 Å². The molecule has 1 amide bonds. The number of carbonyl (C=O) groups excluding carboxylic acids is 1. The maximum atomic E-state index is 15.2. The van der Waals surface area contributed by atoms with Crippen LogP contribution in [0.25, 0.3) is 31.8 Å². The van der Waals surface area contributed by atoms with Crippen molar-refractivity contribution in [3.05, 3.63) is 60.2 Å². The number of amides is 1. The maximum absolute atomic E-state index is 15.2. The van der Waals surface area contributed by atoms with Crippen LogP contribution in [0.1, 0.15) is 24.8 Å². The van der Waals surface area contributed by atoms with Crippen molar-refractivity contribution < 1.29 is 28.1 Å². The van der Waals surface area contributed by atoms with E-state index in [0.717, 1.165) is 22.2 Å². The number of anilines is 1. The molecule has 210 valence electrons. The molecule has 2 atom stereocenters. The first kappa shape index (κ1) is 26.6. The fourth-order valence-electron chi connectivity index (χ4n) is 4.82. The van der Waals surface area contributed by atoms with Crippen LogP contribution in [0, 0.1) is 12.7 Å². The molecular formula is C29H26FN5O5S. The summed E-state index contributed by atoms with van der Waals surface area (Å²) in [7, 11) is 3.08. The van der Waals surface area contributed by atoms with Gasteiger partial charge in [-0.25, -0.2) is 29.1 Å². The summed E-state index contributed by atoms with van der Waals surface area (Å²) in [6.45, 7) is 1.97. The van der Waals surface area contributed by atoms with E-state index in [1.165, 1.54) is 30.7 Å². The number of hydrogen-bond donors (Lipinski definition) is 1. The number of nitrogens with zero attached hydrogens (tertiary/aromatic N) is 4. The molecule has 1 aliphatic rings. The molecule has 41 heavy (non-hydrogen) atoms. The first-order valence-corrected chi connectivity index (χ1v) is 13.8. The van der Waals surface area contributed by atoms with E-state index in [1.54, 1.807) is 31.5 Å². The number of aromatic nitrogens is 4. The summed E-state index contributed by atoms with van der Waals surface area (Å²) >= 11 is 1.41. The molecule has 5 aromatic rings. The van der Waals surface area contributed by atoms with Crippen LogP contribution in [-0.4, -0.2) is 52.5 Å². The number of hydrogen-bond acceptors (Lipinski definition) is 10. The number of ether oxygens (including phenoxy) is 4. The van der Waals surface area contributed by atoms with Crippen LogP contribution in [0.3, 0.4) is 0 Å². The summed E-state index contributed by atoms with van der Waals surface area (Å²) in [6.07, 6.45) is 3.39. The summed E-state index contributed by atoms with van der Waals surface area (Å²) < 4.78 is 37.9. The average molecular weight is 576 g/mol. The molecule has 1 saturated carbocycles. The zero-order valence-corrected chi connectivity index (χ0v) is 23.3. The van der Waals surface area contributed by atoms with Crippen molar-refractivity contribution in [3.8, 4) is 28.0 Å². The molecule has 1 aliphatic carbocycles. The predicted octanol–water partition coefficient (Wildman–Crippen LogP) is 6.31. The number of methoxy groups -OCH3 is 2. The number of thiazole rings is 1. The van der Waals surface area contributed by atoms with E-state index in [2.05, 4.69) is 25.3 Å². The van der Waals surface area contributed by atoms with E-state index < -0.39 is 24.1 Å². The molecule has 0 spiro atoms. The highest BCUT2D eigenvalue weighted by atomic mass is 32.1. The van der Waals surface area contributed by atoms with Crippen molar-refractivity contribution in [1.82, 2.24) is 19.9 Å². The van der Waals surface area contributed by atoms with Gasteiger partial charge in [0.15, 0.2) is 11.6 Å². The third-order valence-corrected chi connectivity index (χ3v) is 7.83. The Morgan fingerprint density at radius 3 is 2.63 bits per heavy atom. The van der Waals surface area contributed by atoms with E-state index in [-0.39, 0.29) is 5.75 Å². The lowest BCUT2D eigenvalue weighted by atomic mass is 10.1. The Hall–Kier alpha value is -4.58. The van der Waals surface area contributed by atoms with Gasteiger partial charge in [0.05, 0.1) is 47.9 Å². The number of halogens is 1. The molecule has 3 heterocycles. The van der Waals surface area contributed by atoms with Gasteiger partial charge in [-0.05, 0) is 56.0 Å². The van der Waals surface area contributed by atoms with Crippen molar-refractivity contribution in [2.45, 2.75) is 38.4 Å². The number of fused-ring (bicyclic) bond motifs is 2. The molecule has 12 heteroatoms. The zero-order valence-electron chi connectivity index (χ0n) is 22.5. The molecule has 0 radical (unpaired) electrons. The molecule has 0 bridgehead atoms. The normalized spacial score (nSPS) is 16.6. The first-order valence-electron chi connectivity index (χ1n) is 13.0. The van der Waals surface area contributed by atoms with Gasteiger partial charge in [-0.2, -0.15) is 0 Å². The van der Waals surface area contributed by atoms with Gasteiger partial charge < -0.3 is 18.9 Å². The van der Waals surface area contributed by atoms with Gasteiger partial charge in [0, 0.05) is 17.7 Å². The number of carbonyl (C=O) groups is 1. The summed E-state index contributed by atoms with van der Waals surface area (Å²) in [4.78, 5) is 30.3. The summed E-state index contributed by atoms with van der Waals surface area (Å²) in [6, 6.07) is 10.2. The highest BCUT2D eigenvalue weighted by Gasteiger charge is 2.33. The maximum Gasteiger partial charge on any atom is 0.413 e. The molecule has 1 N–H and O–H groups in total. The molecule has 0 aliphatic heterocycles. The Morgan fingerprint density at radius 2 is 1.85 bits per heavy atom. The lowest BCUT2D eigenvalue weighted by Gasteiger charge is -2.22. The van der Waals surface area contributed by atoms with Gasteiger partial charge in [0.1, 0.15) is 28.8 Å². The van der Waals surface area contributed by atoms with Gasteiger partial charge in [-0.15, -0.1) is 11.3 Å². The van der Waals surface area contributed by atoms with Crippen molar-refractivity contribution in [2.24, 2.45) is 0 Å². The highest BCUT2D eigenvalue weighted by Crippen LogP contribution is 2.38. The third-order valence-electron chi connectivity index (χ3n) is 6.78. The van der Waals surface area contributed by atoms with Gasteiger partial charge in [0.2, 0.25) is 5.88 Å². The van der Waals surface area contributed by atoms with Gasteiger partial charge in [-0.1, -0.05) is 0 Å². The molecule has 2 aromatic carbocycles. The molecular weight excluding hydrogens is 549 g/mol. The molecule has 0 saturated heterocycles. The van der Waals surface area contributed by atoms with Crippen molar-refractivity contribution in [1.29, 1.82) is 0 Å². The van der Waals surface area contributed by atoms with Crippen LogP contribution < -0.4 is 19.5 Å². The van der Waals surface area contributed by atoms with Gasteiger partial charge >= 0.3 is 6.09 Å². The van der Waals surface area contributed by atoms with E-state index in [9.17, 15) is 4.79 Å². The smallest absolute Gasteiger partial charge is 0.413 e. The lowest BCUT2D eigenvalue weighted by Crippen LogP contribution is -2.32. The number of pyridine rings is 1. The standard InChI is InChI=1S/C29H26FN5O5S/c1-15-9-17(27-20(10-15)33-26(38-3)14-32-27)28-34-19-11-18(30)23(12-24(19)41-28)39-21-5-4-6-22(21)40-29(36)35-25-8-7-16(37-2)13-31-25/h7-14,21-22H,4-6H2,1-3H3,(H,31,35,36)/t21-,22+/m0/s1. The second-order valence-corrected chi connectivity index (χ2v) is 10.6. The van der Waals surface area contributed by atoms with E-state index in [4.69, 9.17) is 18.9 Å². The number of aryl methyl sites for hydroxylation is 1. The summed E-state index contributed by atoms with van der Waals surface area (Å²) in [5.74, 6) is 0.873. The number of benzene rings is 2. The Labute approximate surface area is 238 Å². The molecule has 10 nitrogen and oxygen atoms in total. The predicted molar refractivity (Wildman–Crippen MR) is 152 cm³/mol. The zero-order chi connectivity index (χ0) is 28.5. The van der Waals surface area contributed by atoms with E-state index in [1.807, 2.05) is 19.1 Å². The van der Waals surface area contributed by atoms with Crippen LogP contribution in [0.15, 0.2) is 48.8 Å². The quantitative estimate of drug-likeness (QED) is 0.238. The fourth-order valence-corrected chi connectivity index (χ4v) is 5.81. The second kappa shape index (κ2) is 11.1. The van der Waals surface area contributed by atoms with Crippen LogP contribution in [0.4, 0.5) is 15.0 Å². The van der Waals surface area contributed by atoms with Crippen molar-refractivity contribution in [3.63, 3.8) is 0 Å². The Balaban J connectivity index is 1.21. The van der Waals surface area contributed by atoms with Gasteiger partial charge in [-0.3, -0.25) is 5.32 Å². The number of rotatable bonds is 7. The molecule has 3 aromatic heterocycles. The summed E-state index contributed by atoms with van der Waals surface area (Å²) in [5, 5.41) is 3.29. The Bertz CT molecular complexity index is 1750. The molecule has 1 fully saturated rings. The van der Waals surface area contributed by atoms with Crippen molar-refractivity contribution in [2.75, 3.05) is 19.5 Å². The van der Waals surface area contributed by atoms with Gasteiger partial charge in [0.25, 0.3) is 0 Å². The largest absolute Gasteiger partial charge is 0.495 e. The Kier molecular flexibility index (Phi) is 7.23. The highest BCUT2D eigenvalue weighted by molar-refractivity contribution is 7.21. The van der Waals surface area contributed by atoms with Crippen LogP contribution >= 0.6 is 11.3 Å². The number of nitrogens with one attached hydrogen (secondary N) is 1. The SMILES string of the molecule is COc1ccc(NC(=O)O[C@@H]2CCC[C@@H]2Oc2cc3sc(-c4cc(C)cc5nc(OC)cnc45)nc3cc2F)nc1. The van der Waals surface area contributed by atoms with Crippen LogP contribution in [-0.2, 0) is 4.74 Å². The fraction of sp³-hybridized carbons (Fsp3) is 0.276. The molecule has 6 rings (SSSR count). The van der Waals surface area contributed by atoms with E-state index >= 15 is 4.39 Å². The van der Waals surface area contributed by atoms with Crippen molar-refractivity contribution >= 4 is 44.5 Å². The first-order chi connectivity index (χ1) is 19.9. The third kappa shape index (κ3) is 5.55. The topological polar surface area (TPSA) is 118 Å². The monoisotopic (exact) mass is 575 g/mol. The minimum atomic E-state index is -0.655.